The summed E-state index contributed by atoms with van der Waals surface area (Å²) in [6, 6.07) is 9.59. The SMILES string of the molecule is CCCCOCCOCCNC(=NCC(C)(O)c1ccccc1)NCC.I. The Labute approximate surface area is 181 Å². The molecule has 156 valence electrons. The van der Waals surface area contributed by atoms with Gasteiger partial charge in [0.2, 0.25) is 0 Å². The average molecular weight is 493 g/mol. The van der Waals surface area contributed by atoms with Crippen LogP contribution >= 0.6 is 24.0 Å². The third-order valence-corrected chi connectivity index (χ3v) is 3.84. The molecule has 0 amide bonds. The molecule has 1 aromatic rings. The summed E-state index contributed by atoms with van der Waals surface area (Å²) in [4.78, 5) is 4.49. The van der Waals surface area contributed by atoms with Gasteiger partial charge < -0.3 is 25.2 Å². The zero-order chi connectivity index (χ0) is 19.1. The maximum absolute atomic E-state index is 10.6. The Morgan fingerprint density at radius 1 is 1.04 bits per heavy atom. The lowest BCUT2D eigenvalue weighted by Crippen LogP contribution is -2.40. The van der Waals surface area contributed by atoms with Gasteiger partial charge in [-0.25, -0.2) is 4.99 Å². The van der Waals surface area contributed by atoms with Crippen LogP contribution in [0.2, 0.25) is 0 Å². The summed E-state index contributed by atoms with van der Waals surface area (Å²) in [5.74, 6) is 0.673. The predicted octanol–water partition coefficient (Wildman–Crippen LogP) is 2.90. The van der Waals surface area contributed by atoms with E-state index < -0.39 is 5.60 Å². The Morgan fingerprint density at radius 2 is 1.70 bits per heavy atom. The molecule has 3 N–H and O–H groups in total. The number of ether oxygens (including phenoxy) is 2. The molecule has 0 saturated carbocycles. The molecule has 6 nitrogen and oxygen atoms in total. The van der Waals surface area contributed by atoms with Gasteiger partial charge in [-0.15, -0.1) is 24.0 Å². The Morgan fingerprint density at radius 3 is 2.33 bits per heavy atom. The van der Waals surface area contributed by atoms with E-state index >= 15 is 0 Å². The summed E-state index contributed by atoms with van der Waals surface area (Å²) in [6.07, 6.45) is 2.24. The van der Waals surface area contributed by atoms with Crippen molar-refractivity contribution in [1.29, 1.82) is 0 Å². The number of aliphatic hydroxyl groups is 1. The lowest BCUT2D eigenvalue weighted by molar-refractivity contribution is 0.0486. The Bertz CT molecular complexity index is 499. The quantitative estimate of drug-likeness (QED) is 0.171. The van der Waals surface area contributed by atoms with Crippen molar-refractivity contribution >= 4 is 29.9 Å². The van der Waals surface area contributed by atoms with Crippen molar-refractivity contribution in [1.82, 2.24) is 10.6 Å². The normalized spacial score (nSPS) is 13.6. The Kier molecular flexibility index (Phi) is 15.6. The van der Waals surface area contributed by atoms with E-state index in [4.69, 9.17) is 9.47 Å². The molecule has 0 aliphatic heterocycles. The van der Waals surface area contributed by atoms with Crippen molar-refractivity contribution in [2.24, 2.45) is 4.99 Å². The fraction of sp³-hybridized carbons (Fsp3) is 0.650. The molecular formula is C20H36IN3O3. The predicted molar refractivity (Wildman–Crippen MR) is 122 cm³/mol. The fourth-order valence-electron chi connectivity index (χ4n) is 2.27. The molecule has 0 aliphatic carbocycles. The lowest BCUT2D eigenvalue weighted by Gasteiger charge is -2.22. The van der Waals surface area contributed by atoms with Crippen LogP contribution in [0, 0.1) is 0 Å². The highest BCUT2D eigenvalue weighted by Gasteiger charge is 2.22. The van der Waals surface area contributed by atoms with Crippen LogP contribution in [0.1, 0.15) is 39.2 Å². The third kappa shape index (κ3) is 12.2. The first kappa shape index (κ1) is 26.1. The first-order valence-electron chi connectivity index (χ1n) is 9.55. The number of rotatable bonds is 13. The summed E-state index contributed by atoms with van der Waals surface area (Å²) < 4.78 is 11.0. The standard InChI is InChI=1S/C20H35N3O3.HI/c1-4-6-13-25-15-16-26-14-12-22-19(21-5-2)23-17-20(3,24)18-10-8-7-9-11-18;/h7-11,24H,4-6,12-17H2,1-3H3,(H2,21,22,23);1H. The van der Waals surface area contributed by atoms with E-state index in [9.17, 15) is 5.11 Å². The lowest BCUT2D eigenvalue weighted by atomic mass is 9.96. The second kappa shape index (κ2) is 16.1. The van der Waals surface area contributed by atoms with E-state index in [1.807, 2.05) is 37.3 Å². The Balaban J connectivity index is 0.00000676. The second-order valence-corrected chi connectivity index (χ2v) is 6.34. The second-order valence-electron chi connectivity index (χ2n) is 6.34. The van der Waals surface area contributed by atoms with Gasteiger partial charge in [-0.3, -0.25) is 0 Å². The number of nitrogens with one attached hydrogen (secondary N) is 2. The minimum Gasteiger partial charge on any atom is -0.384 e. The zero-order valence-corrected chi connectivity index (χ0v) is 19.2. The number of guanidine groups is 1. The van der Waals surface area contributed by atoms with Gasteiger partial charge in [-0.1, -0.05) is 43.7 Å². The van der Waals surface area contributed by atoms with Crippen LogP contribution in [0.3, 0.4) is 0 Å². The van der Waals surface area contributed by atoms with E-state index in [2.05, 4.69) is 22.5 Å². The topological polar surface area (TPSA) is 75.1 Å². The summed E-state index contributed by atoms with van der Waals surface area (Å²) in [5, 5.41) is 17.0. The highest BCUT2D eigenvalue weighted by atomic mass is 127. The molecule has 0 saturated heterocycles. The molecule has 1 atom stereocenters. The highest BCUT2D eigenvalue weighted by Crippen LogP contribution is 2.20. The highest BCUT2D eigenvalue weighted by molar-refractivity contribution is 14.0. The molecule has 0 radical (unpaired) electrons. The van der Waals surface area contributed by atoms with Crippen LogP contribution in [0.15, 0.2) is 35.3 Å². The van der Waals surface area contributed by atoms with Crippen LogP contribution in [0.5, 0.6) is 0 Å². The van der Waals surface area contributed by atoms with Gasteiger partial charge in [0.1, 0.15) is 5.60 Å². The average Bonchev–Trinajstić information content (AvgIpc) is 2.65. The fourth-order valence-corrected chi connectivity index (χ4v) is 2.27. The van der Waals surface area contributed by atoms with Crippen molar-refractivity contribution in [2.75, 3.05) is 46.1 Å². The minimum atomic E-state index is -1.00. The minimum absolute atomic E-state index is 0. The van der Waals surface area contributed by atoms with E-state index in [0.29, 0.717) is 32.3 Å². The van der Waals surface area contributed by atoms with Crippen molar-refractivity contribution < 1.29 is 14.6 Å². The maximum Gasteiger partial charge on any atom is 0.191 e. The molecule has 0 fully saturated rings. The van der Waals surface area contributed by atoms with Crippen LogP contribution in [0.4, 0.5) is 0 Å². The van der Waals surface area contributed by atoms with E-state index in [0.717, 1.165) is 31.6 Å². The van der Waals surface area contributed by atoms with Gasteiger partial charge >= 0.3 is 0 Å². The molecule has 0 bridgehead atoms. The van der Waals surface area contributed by atoms with Crippen molar-refractivity contribution in [3.8, 4) is 0 Å². The van der Waals surface area contributed by atoms with Crippen molar-refractivity contribution in [3.63, 3.8) is 0 Å². The van der Waals surface area contributed by atoms with Crippen LogP contribution in [-0.2, 0) is 15.1 Å². The van der Waals surface area contributed by atoms with Crippen molar-refractivity contribution in [3.05, 3.63) is 35.9 Å². The van der Waals surface area contributed by atoms with Gasteiger partial charge in [0.25, 0.3) is 0 Å². The largest absolute Gasteiger partial charge is 0.384 e. The van der Waals surface area contributed by atoms with Crippen LogP contribution < -0.4 is 10.6 Å². The number of nitrogens with zero attached hydrogens (tertiary/aromatic N) is 1. The number of unbranched alkanes of at least 4 members (excludes halogenated alkanes) is 1. The molecule has 0 aliphatic rings. The summed E-state index contributed by atoms with van der Waals surface area (Å²) >= 11 is 0. The molecule has 27 heavy (non-hydrogen) atoms. The van der Waals surface area contributed by atoms with E-state index in [-0.39, 0.29) is 30.5 Å². The number of hydrogen-bond acceptors (Lipinski definition) is 4. The van der Waals surface area contributed by atoms with Gasteiger partial charge in [0.15, 0.2) is 5.96 Å². The first-order chi connectivity index (χ1) is 12.6. The van der Waals surface area contributed by atoms with Gasteiger partial charge in [-0.2, -0.15) is 0 Å². The maximum atomic E-state index is 10.6. The summed E-state index contributed by atoms with van der Waals surface area (Å²) in [7, 11) is 0. The summed E-state index contributed by atoms with van der Waals surface area (Å²) in [6.45, 7) is 10.2. The molecule has 1 aromatic carbocycles. The molecule has 7 heteroatoms. The number of halogens is 1. The zero-order valence-electron chi connectivity index (χ0n) is 16.9. The monoisotopic (exact) mass is 493 g/mol. The molecule has 0 spiro atoms. The molecular weight excluding hydrogens is 457 g/mol. The van der Waals surface area contributed by atoms with E-state index in [1.165, 1.54) is 0 Å². The van der Waals surface area contributed by atoms with Crippen LogP contribution in [-0.4, -0.2) is 57.1 Å². The number of aliphatic imine (C=N–C) groups is 1. The Hall–Kier alpha value is -0.900. The molecule has 0 aromatic heterocycles. The van der Waals surface area contributed by atoms with E-state index in [1.54, 1.807) is 6.92 Å². The van der Waals surface area contributed by atoms with Crippen molar-refractivity contribution in [2.45, 2.75) is 39.2 Å². The third-order valence-electron chi connectivity index (χ3n) is 3.84. The molecule has 0 heterocycles. The smallest absolute Gasteiger partial charge is 0.191 e. The van der Waals surface area contributed by atoms with Gasteiger partial charge in [0.05, 0.1) is 26.4 Å². The first-order valence-corrected chi connectivity index (χ1v) is 9.55. The summed E-state index contributed by atoms with van der Waals surface area (Å²) in [5.41, 5.74) is -0.151. The molecule has 1 unspecified atom stereocenters. The number of hydrogen-bond donors (Lipinski definition) is 3. The number of benzene rings is 1. The van der Waals surface area contributed by atoms with Gasteiger partial charge in [-0.05, 0) is 25.8 Å². The van der Waals surface area contributed by atoms with Gasteiger partial charge in [0, 0.05) is 19.7 Å². The molecule has 1 rings (SSSR count). The van der Waals surface area contributed by atoms with Crippen LogP contribution in [0.25, 0.3) is 0 Å².